The van der Waals surface area contributed by atoms with E-state index in [1.807, 2.05) is 0 Å². The molecule has 0 spiro atoms. The van der Waals surface area contributed by atoms with Gasteiger partial charge in [0.2, 0.25) is 0 Å². The van der Waals surface area contributed by atoms with Gasteiger partial charge in [-0.15, -0.1) is 0 Å². The zero-order chi connectivity index (χ0) is 11.8. The number of nitrogens with one attached hydrogen (secondary N) is 2. The van der Waals surface area contributed by atoms with Gasteiger partial charge in [-0.3, -0.25) is 0 Å². The van der Waals surface area contributed by atoms with E-state index >= 15 is 0 Å². The fourth-order valence-corrected chi connectivity index (χ4v) is 2.51. The first-order valence-corrected chi connectivity index (χ1v) is 6.21. The SMILES string of the molecule is CCc1nc(-c2cccc3c2NCC3)[nH]c1C. The average molecular weight is 227 g/mol. The van der Waals surface area contributed by atoms with E-state index in [1.165, 1.54) is 22.5 Å². The Kier molecular flexibility index (Phi) is 2.39. The quantitative estimate of drug-likeness (QED) is 0.828. The molecule has 0 fully saturated rings. The van der Waals surface area contributed by atoms with Gasteiger partial charge < -0.3 is 10.3 Å². The molecule has 88 valence electrons. The molecule has 1 aliphatic heterocycles. The summed E-state index contributed by atoms with van der Waals surface area (Å²) in [6, 6.07) is 6.44. The van der Waals surface area contributed by atoms with Gasteiger partial charge in [0.05, 0.1) is 5.69 Å². The Morgan fingerprint density at radius 3 is 3.00 bits per heavy atom. The predicted octanol–water partition coefficient (Wildman–Crippen LogP) is 2.92. The highest BCUT2D eigenvalue weighted by Crippen LogP contribution is 2.33. The number of aromatic amines is 1. The number of H-pyrrole nitrogens is 1. The summed E-state index contributed by atoms with van der Waals surface area (Å²) in [5.74, 6) is 0.991. The molecular formula is C14H17N3. The van der Waals surface area contributed by atoms with Crippen LogP contribution in [0.25, 0.3) is 11.4 Å². The number of benzene rings is 1. The third-order valence-electron chi connectivity index (χ3n) is 3.42. The van der Waals surface area contributed by atoms with Gasteiger partial charge in [-0.2, -0.15) is 0 Å². The second-order valence-electron chi connectivity index (χ2n) is 4.53. The van der Waals surface area contributed by atoms with E-state index in [2.05, 4.69) is 47.3 Å². The Morgan fingerprint density at radius 1 is 1.35 bits per heavy atom. The van der Waals surface area contributed by atoms with Crippen LogP contribution in [-0.2, 0) is 12.8 Å². The van der Waals surface area contributed by atoms with E-state index in [1.54, 1.807) is 0 Å². The zero-order valence-corrected chi connectivity index (χ0v) is 10.3. The minimum atomic E-state index is 0.977. The lowest BCUT2D eigenvalue weighted by molar-refractivity contribution is 1.04. The van der Waals surface area contributed by atoms with Crippen molar-refractivity contribution in [1.82, 2.24) is 9.97 Å². The molecule has 0 saturated carbocycles. The minimum absolute atomic E-state index is 0.977. The molecule has 3 heteroatoms. The van der Waals surface area contributed by atoms with Gasteiger partial charge in [0, 0.05) is 23.5 Å². The molecule has 0 atom stereocenters. The number of rotatable bonds is 2. The summed E-state index contributed by atoms with van der Waals surface area (Å²) in [5, 5.41) is 3.45. The summed E-state index contributed by atoms with van der Waals surface area (Å²) in [7, 11) is 0. The minimum Gasteiger partial charge on any atom is -0.384 e. The zero-order valence-electron chi connectivity index (χ0n) is 10.3. The Hall–Kier alpha value is -1.77. The molecule has 1 aliphatic rings. The van der Waals surface area contributed by atoms with Crippen molar-refractivity contribution in [1.29, 1.82) is 0 Å². The third kappa shape index (κ3) is 1.62. The number of anilines is 1. The molecule has 3 rings (SSSR count). The van der Waals surface area contributed by atoms with Crippen molar-refractivity contribution in [2.24, 2.45) is 0 Å². The van der Waals surface area contributed by atoms with Crippen LogP contribution in [0.4, 0.5) is 5.69 Å². The number of aryl methyl sites for hydroxylation is 2. The van der Waals surface area contributed by atoms with Crippen molar-refractivity contribution in [3.8, 4) is 11.4 Å². The Morgan fingerprint density at radius 2 is 2.24 bits per heavy atom. The highest BCUT2D eigenvalue weighted by molar-refractivity contribution is 5.78. The van der Waals surface area contributed by atoms with Crippen molar-refractivity contribution in [2.75, 3.05) is 11.9 Å². The largest absolute Gasteiger partial charge is 0.384 e. The van der Waals surface area contributed by atoms with E-state index in [-0.39, 0.29) is 0 Å². The van der Waals surface area contributed by atoms with Crippen LogP contribution in [0.15, 0.2) is 18.2 Å². The molecule has 0 amide bonds. The Labute approximate surface area is 101 Å². The Bertz CT molecular complexity index is 555. The van der Waals surface area contributed by atoms with E-state index < -0.39 is 0 Å². The summed E-state index contributed by atoms with van der Waals surface area (Å²) in [4.78, 5) is 8.07. The highest BCUT2D eigenvalue weighted by Gasteiger charge is 2.17. The summed E-state index contributed by atoms with van der Waals surface area (Å²) < 4.78 is 0. The second-order valence-corrected chi connectivity index (χ2v) is 4.53. The van der Waals surface area contributed by atoms with Crippen LogP contribution in [0.3, 0.4) is 0 Å². The van der Waals surface area contributed by atoms with Crippen molar-refractivity contribution < 1.29 is 0 Å². The fourth-order valence-electron chi connectivity index (χ4n) is 2.51. The second kappa shape index (κ2) is 3.91. The maximum atomic E-state index is 4.68. The summed E-state index contributed by atoms with van der Waals surface area (Å²) in [5.41, 5.74) is 6.19. The van der Waals surface area contributed by atoms with Crippen LogP contribution < -0.4 is 5.32 Å². The smallest absolute Gasteiger partial charge is 0.139 e. The fraction of sp³-hybridized carbons (Fsp3) is 0.357. The molecule has 0 unspecified atom stereocenters. The molecule has 3 nitrogen and oxygen atoms in total. The molecule has 0 radical (unpaired) electrons. The lowest BCUT2D eigenvalue weighted by Gasteiger charge is -2.05. The van der Waals surface area contributed by atoms with Gasteiger partial charge in [0.15, 0.2) is 0 Å². The van der Waals surface area contributed by atoms with Crippen molar-refractivity contribution in [2.45, 2.75) is 26.7 Å². The molecule has 2 heterocycles. The number of aromatic nitrogens is 2. The van der Waals surface area contributed by atoms with Crippen LogP contribution in [0.1, 0.15) is 23.9 Å². The van der Waals surface area contributed by atoms with Crippen molar-refractivity contribution in [3.63, 3.8) is 0 Å². The standard InChI is InChI=1S/C14H17N3/c1-3-12-9(2)16-14(17-12)11-6-4-5-10-7-8-15-13(10)11/h4-6,15H,3,7-8H2,1-2H3,(H,16,17). The molecule has 0 aliphatic carbocycles. The van der Waals surface area contributed by atoms with Gasteiger partial charge in [-0.25, -0.2) is 4.98 Å². The van der Waals surface area contributed by atoms with E-state index in [0.717, 1.165) is 30.9 Å². The molecule has 2 N–H and O–H groups in total. The number of hydrogen-bond acceptors (Lipinski definition) is 2. The molecule has 1 aromatic heterocycles. The van der Waals surface area contributed by atoms with Crippen LogP contribution in [0, 0.1) is 6.92 Å². The van der Waals surface area contributed by atoms with Crippen LogP contribution in [0.2, 0.25) is 0 Å². The van der Waals surface area contributed by atoms with E-state index in [0.29, 0.717) is 0 Å². The third-order valence-corrected chi connectivity index (χ3v) is 3.42. The lowest BCUT2D eigenvalue weighted by atomic mass is 10.1. The maximum absolute atomic E-state index is 4.68. The van der Waals surface area contributed by atoms with Crippen molar-refractivity contribution >= 4 is 5.69 Å². The summed E-state index contributed by atoms with van der Waals surface area (Å²) in [6.45, 7) is 5.26. The van der Waals surface area contributed by atoms with Gasteiger partial charge in [0.1, 0.15) is 5.82 Å². The first-order valence-electron chi connectivity index (χ1n) is 6.21. The van der Waals surface area contributed by atoms with Crippen LogP contribution in [0.5, 0.6) is 0 Å². The van der Waals surface area contributed by atoms with Gasteiger partial charge in [-0.05, 0) is 31.4 Å². The van der Waals surface area contributed by atoms with Gasteiger partial charge >= 0.3 is 0 Å². The first-order chi connectivity index (χ1) is 8.29. The van der Waals surface area contributed by atoms with E-state index in [9.17, 15) is 0 Å². The van der Waals surface area contributed by atoms with E-state index in [4.69, 9.17) is 0 Å². The monoisotopic (exact) mass is 227 g/mol. The normalized spacial score (nSPS) is 13.5. The van der Waals surface area contributed by atoms with Crippen molar-refractivity contribution in [3.05, 3.63) is 35.2 Å². The molecule has 17 heavy (non-hydrogen) atoms. The average Bonchev–Trinajstić information content (AvgIpc) is 2.94. The predicted molar refractivity (Wildman–Crippen MR) is 70.3 cm³/mol. The molecular weight excluding hydrogens is 210 g/mol. The van der Waals surface area contributed by atoms with Crippen LogP contribution in [-0.4, -0.2) is 16.5 Å². The number of fused-ring (bicyclic) bond motifs is 1. The Balaban J connectivity index is 2.12. The molecule has 2 aromatic rings. The molecule has 1 aromatic carbocycles. The van der Waals surface area contributed by atoms with Gasteiger partial charge in [-0.1, -0.05) is 19.1 Å². The molecule has 0 bridgehead atoms. The summed E-state index contributed by atoms with van der Waals surface area (Å²) >= 11 is 0. The maximum Gasteiger partial charge on any atom is 0.139 e. The molecule has 0 saturated heterocycles. The van der Waals surface area contributed by atoms with Crippen LogP contribution >= 0.6 is 0 Å². The first kappa shape index (κ1) is 10.4. The highest BCUT2D eigenvalue weighted by atomic mass is 15.0. The number of hydrogen-bond donors (Lipinski definition) is 2. The topological polar surface area (TPSA) is 40.7 Å². The number of nitrogens with zero attached hydrogens (tertiary/aromatic N) is 1. The summed E-state index contributed by atoms with van der Waals surface area (Å²) in [6.07, 6.45) is 2.09. The number of imidazole rings is 1. The number of para-hydroxylation sites is 1. The van der Waals surface area contributed by atoms with Gasteiger partial charge in [0.25, 0.3) is 0 Å². The lowest BCUT2D eigenvalue weighted by Crippen LogP contribution is -1.94.